The molecule has 0 radical (unpaired) electrons. The molecule has 3 aromatic carbocycles. The van der Waals surface area contributed by atoms with Gasteiger partial charge in [-0.1, -0.05) is 12.1 Å². The number of Topliss-reactive ketones (excluding diaryl/α,β-unsaturated/α-hetero) is 1. The second kappa shape index (κ2) is 11.0. The number of phenols is 1. The van der Waals surface area contributed by atoms with Crippen molar-refractivity contribution in [2.45, 2.75) is 46.8 Å². The van der Waals surface area contributed by atoms with Gasteiger partial charge in [0.05, 0.1) is 17.7 Å². The Bertz CT molecular complexity index is 1360. The van der Waals surface area contributed by atoms with Crippen molar-refractivity contribution >= 4 is 28.8 Å². The number of aliphatic hydroxyl groups is 1. The molecular weight excluding hydrogens is 480 g/mol. The molecule has 1 aliphatic rings. The number of ketones is 1. The molecule has 1 unspecified atom stereocenters. The van der Waals surface area contributed by atoms with E-state index < -0.39 is 17.7 Å². The molecule has 7 heteroatoms. The number of benzene rings is 3. The quantitative estimate of drug-likeness (QED) is 0.219. The number of aliphatic hydroxyl groups excluding tert-OH is 1. The first-order valence-electron chi connectivity index (χ1n) is 12.9. The fourth-order valence-corrected chi connectivity index (χ4v) is 4.82. The lowest BCUT2D eigenvalue weighted by Crippen LogP contribution is -2.29. The molecule has 1 atom stereocenters. The van der Waals surface area contributed by atoms with Crippen molar-refractivity contribution in [2.75, 3.05) is 22.9 Å². The van der Waals surface area contributed by atoms with Crippen molar-refractivity contribution in [1.82, 2.24) is 0 Å². The molecule has 0 bridgehead atoms. The van der Waals surface area contributed by atoms with Gasteiger partial charge in [-0.25, -0.2) is 0 Å². The molecule has 0 aromatic heterocycles. The number of phenolic OH excluding ortho intramolecular Hbond substituents is 1. The minimum absolute atomic E-state index is 0.00885. The van der Waals surface area contributed by atoms with Gasteiger partial charge >= 0.3 is 0 Å². The van der Waals surface area contributed by atoms with Crippen molar-refractivity contribution in [3.8, 4) is 11.5 Å². The summed E-state index contributed by atoms with van der Waals surface area (Å²) in [7, 11) is 0. The summed E-state index contributed by atoms with van der Waals surface area (Å²) in [5.74, 6) is -1.01. The van der Waals surface area contributed by atoms with E-state index in [-0.39, 0.29) is 23.2 Å². The fraction of sp³-hybridized carbons (Fsp3) is 0.290. The third kappa shape index (κ3) is 5.09. The Morgan fingerprint density at radius 3 is 2.16 bits per heavy atom. The molecule has 1 aliphatic heterocycles. The molecule has 3 aromatic rings. The van der Waals surface area contributed by atoms with E-state index >= 15 is 0 Å². The maximum atomic E-state index is 13.4. The van der Waals surface area contributed by atoms with Gasteiger partial charge in [0.15, 0.2) is 0 Å². The van der Waals surface area contributed by atoms with Gasteiger partial charge < -0.3 is 19.8 Å². The zero-order chi connectivity index (χ0) is 27.6. The lowest BCUT2D eigenvalue weighted by Gasteiger charge is -2.27. The number of hydrogen-bond acceptors (Lipinski definition) is 6. The van der Waals surface area contributed by atoms with Gasteiger partial charge in [-0.15, -0.1) is 0 Å². The number of ether oxygens (including phenoxy) is 1. The van der Waals surface area contributed by atoms with Crippen LogP contribution in [0.15, 0.2) is 72.3 Å². The summed E-state index contributed by atoms with van der Waals surface area (Å²) in [4.78, 5) is 30.5. The number of hydrogen-bond donors (Lipinski definition) is 2. The summed E-state index contributed by atoms with van der Waals surface area (Å²) in [6.07, 6.45) is -0.0129. The van der Waals surface area contributed by atoms with E-state index in [0.29, 0.717) is 22.6 Å². The lowest BCUT2D eigenvalue weighted by molar-refractivity contribution is -0.132. The number of carbonyl (C=O) groups is 2. The second-order valence-corrected chi connectivity index (χ2v) is 9.60. The van der Waals surface area contributed by atoms with Crippen LogP contribution in [0.3, 0.4) is 0 Å². The molecule has 1 saturated heterocycles. The molecule has 1 amide bonds. The van der Waals surface area contributed by atoms with E-state index in [0.717, 1.165) is 24.3 Å². The van der Waals surface area contributed by atoms with E-state index in [4.69, 9.17) is 4.74 Å². The molecule has 2 N–H and O–H groups in total. The van der Waals surface area contributed by atoms with Gasteiger partial charge in [0, 0.05) is 30.0 Å². The average molecular weight is 515 g/mol. The first kappa shape index (κ1) is 26.8. The molecule has 38 heavy (non-hydrogen) atoms. The summed E-state index contributed by atoms with van der Waals surface area (Å²) in [6.45, 7) is 11.6. The number of anilines is 2. The monoisotopic (exact) mass is 514 g/mol. The SMILES string of the molecule is CCN(CC)c1ccc(N2C(=O)C(=O)/C(=C(\O)c3ccc(OC(C)C)c(C)c3)C2c2ccc(O)cc2)cc1. The Morgan fingerprint density at radius 1 is 0.974 bits per heavy atom. The standard InChI is InChI=1S/C31H34N2O5/c1-6-32(7-2)23-11-13-24(14-12-23)33-28(21-8-15-25(34)16-9-21)27(30(36)31(33)37)29(35)22-10-17-26(20(5)18-22)38-19(3)4/h8-19,28,34-35H,6-7H2,1-5H3/b29-27-. The van der Waals surface area contributed by atoms with Gasteiger partial charge in [-0.3, -0.25) is 14.5 Å². The van der Waals surface area contributed by atoms with Crippen LogP contribution in [0.2, 0.25) is 0 Å². The number of nitrogens with zero attached hydrogens (tertiary/aromatic N) is 2. The molecule has 0 aliphatic carbocycles. The van der Waals surface area contributed by atoms with Crippen molar-refractivity contribution in [3.05, 3.63) is 89.0 Å². The van der Waals surface area contributed by atoms with Crippen LogP contribution in [0, 0.1) is 6.92 Å². The Balaban J connectivity index is 1.84. The third-order valence-corrected chi connectivity index (χ3v) is 6.72. The fourth-order valence-electron chi connectivity index (χ4n) is 4.82. The minimum Gasteiger partial charge on any atom is -0.508 e. The van der Waals surface area contributed by atoms with Crippen LogP contribution in [-0.4, -0.2) is 41.1 Å². The highest BCUT2D eigenvalue weighted by Gasteiger charge is 2.47. The normalized spacial score (nSPS) is 16.8. The van der Waals surface area contributed by atoms with Crippen molar-refractivity contribution in [1.29, 1.82) is 0 Å². The first-order valence-corrected chi connectivity index (χ1v) is 12.9. The molecule has 1 fully saturated rings. The number of aromatic hydroxyl groups is 1. The van der Waals surface area contributed by atoms with Gasteiger partial charge in [-0.2, -0.15) is 0 Å². The molecular formula is C31H34N2O5. The van der Waals surface area contributed by atoms with Crippen LogP contribution in [0.4, 0.5) is 11.4 Å². The van der Waals surface area contributed by atoms with Crippen molar-refractivity contribution in [2.24, 2.45) is 0 Å². The van der Waals surface area contributed by atoms with Crippen LogP contribution < -0.4 is 14.5 Å². The van der Waals surface area contributed by atoms with E-state index in [1.165, 1.54) is 17.0 Å². The van der Waals surface area contributed by atoms with Crippen LogP contribution in [0.5, 0.6) is 11.5 Å². The number of aryl methyl sites for hydroxylation is 1. The van der Waals surface area contributed by atoms with Gasteiger partial charge in [0.1, 0.15) is 17.3 Å². The summed E-state index contributed by atoms with van der Waals surface area (Å²) in [6, 6.07) is 18.1. The third-order valence-electron chi connectivity index (χ3n) is 6.72. The second-order valence-electron chi connectivity index (χ2n) is 9.60. The topological polar surface area (TPSA) is 90.3 Å². The molecule has 1 heterocycles. The largest absolute Gasteiger partial charge is 0.508 e. The smallest absolute Gasteiger partial charge is 0.300 e. The van der Waals surface area contributed by atoms with Crippen LogP contribution in [0.25, 0.3) is 5.76 Å². The summed E-state index contributed by atoms with van der Waals surface area (Å²) < 4.78 is 5.81. The Labute approximate surface area is 223 Å². The predicted molar refractivity (Wildman–Crippen MR) is 150 cm³/mol. The molecule has 0 saturated carbocycles. The molecule has 4 rings (SSSR count). The Kier molecular flexibility index (Phi) is 7.76. The number of rotatable bonds is 8. The van der Waals surface area contributed by atoms with Gasteiger partial charge in [-0.05, 0) is 100 Å². The van der Waals surface area contributed by atoms with Crippen LogP contribution in [0.1, 0.15) is 50.4 Å². The molecule has 0 spiro atoms. The first-order chi connectivity index (χ1) is 18.2. The van der Waals surface area contributed by atoms with Crippen molar-refractivity contribution in [3.63, 3.8) is 0 Å². The maximum Gasteiger partial charge on any atom is 0.300 e. The van der Waals surface area contributed by atoms with Gasteiger partial charge in [0.2, 0.25) is 0 Å². The van der Waals surface area contributed by atoms with E-state index in [9.17, 15) is 19.8 Å². The van der Waals surface area contributed by atoms with Gasteiger partial charge in [0.25, 0.3) is 11.7 Å². The molecule has 198 valence electrons. The number of carbonyl (C=O) groups excluding carboxylic acids is 2. The van der Waals surface area contributed by atoms with E-state index in [2.05, 4.69) is 18.7 Å². The molecule has 7 nitrogen and oxygen atoms in total. The van der Waals surface area contributed by atoms with E-state index in [1.807, 2.05) is 45.0 Å². The Morgan fingerprint density at radius 2 is 1.61 bits per heavy atom. The highest BCUT2D eigenvalue weighted by molar-refractivity contribution is 6.51. The summed E-state index contributed by atoms with van der Waals surface area (Å²) in [5, 5.41) is 21.3. The summed E-state index contributed by atoms with van der Waals surface area (Å²) >= 11 is 0. The highest BCUT2D eigenvalue weighted by Crippen LogP contribution is 2.43. The van der Waals surface area contributed by atoms with Crippen molar-refractivity contribution < 1.29 is 24.5 Å². The highest BCUT2D eigenvalue weighted by atomic mass is 16.5. The van der Waals surface area contributed by atoms with Crippen LogP contribution >= 0.6 is 0 Å². The summed E-state index contributed by atoms with van der Waals surface area (Å²) in [5.41, 5.74) is 3.34. The lowest BCUT2D eigenvalue weighted by atomic mass is 9.94. The Hall–Kier alpha value is -4.26. The maximum absolute atomic E-state index is 13.4. The zero-order valence-electron chi connectivity index (χ0n) is 22.4. The zero-order valence-corrected chi connectivity index (χ0v) is 22.4. The minimum atomic E-state index is -0.873. The van der Waals surface area contributed by atoms with Crippen LogP contribution in [-0.2, 0) is 9.59 Å². The average Bonchev–Trinajstić information content (AvgIpc) is 3.16. The number of amides is 1. The van der Waals surface area contributed by atoms with E-state index in [1.54, 1.807) is 30.3 Å². The predicted octanol–water partition coefficient (Wildman–Crippen LogP) is 5.96.